The Kier molecular flexibility index (Phi) is 4.58. The monoisotopic (exact) mass is 211 g/mol. The van der Waals surface area contributed by atoms with Gasteiger partial charge in [-0.25, -0.2) is 0 Å². The van der Waals surface area contributed by atoms with E-state index in [1.807, 2.05) is 0 Å². The number of hydrogen-bond donors (Lipinski definition) is 2. The molecule has 0 bridgehead atoms. The number of nitrogens with one attached hydrogen (secondary N) is 1. The third kappa shape index (κ3) is 3.82. The maximum atomic E-state index is 7.32. The van der Waals surface area contributed by atoms with Crippen molar-refractivity contribution in [2.75, 3.05) is 7.05 Å². The molecule has 0 aromatic heterocycles. The Hall–Kier alpha value is -0.570. The highest BCUT2D eigenvalue weighted by Crippen LogP contribution is 2.27. The summed E-state index contributed by atoms with van der Waals surface area (Å²) in [4.78, 5) is 2.41. The number of nitrogens with zero attached hydrogens (tertiary/aromatic N) is 1. The van der Waals surface area contributed by atoms with Crippen LogP contribution in [0.25, 0.3) is 0 Å². The van der Waals surface area contributed by atoms with Gasteiger partial charge in [0, 0.05) is 18.5 Å². The van der Waals surface area contributed by atoms with Crippen LogP contribution in [-0.4, -0.2) is 29.9 Å². The number of amidine groups is 1. The fourth-order valence-electron chi connectivity index (χ4n) is 2.59. The predicted molar refractivity (Wildman–Crippen MR) is 65.2 cm³/mol. The lowest BCUT2D eigenvalue weighted by molar-refractivity contribution is 0.128. The largest absolute Gasteiger partial charge is 0.388 e. The zero-order chi connectivity index (χ0) is 11.4. The van der Waals surface area contributed by atoms with Gasteiger partial charge in [-0.1, -0.05) is 19.8 Å². The number of nitrogens with two attached hydrogens (primary N) is 1. The van der Waals surface area contributed by atoms with E-state index in [1.54, 1.807) is 0 Å². The summed E-state index contributed by atoms with van der Waals surface area (Å²) in [5.74, 6) is 1.16. The molecule has 0 spiro atoms. The Morgan fingerprint density at radius 2 is 2.20 bits per heavy atom. The maximum absolute atomic E-state index is 7.32. The quantitative estimate of drug-likeness (QED) is 0.553. The highest BCUT2D eigenvalue weighted by Gasteiger charge is 2.25. The number of hydrogen-bond acceptors (Lipinski definition) is 2. The van der Waals surface area contributed by atoms with Gasteiger partial charge in [0.15, 0.2) is 0 Å². The second-order valence-electron chi connectivity index (χ2n) is 5.17. The van der Waals surface area contributed by atoms with E-state index < -0.39 is 0 Å². The van der Waals surface area contributed by atoms with Crippen LogP contribution in [0.5, 0.6) is 0 Å². The van der Waals surface area contributed by atoms with E-state index in [2.05, 4.69) is 25.8 Å². The first-order valence-electron chi connectivity index (χ1n) is 6.05. The van der Waals surface area contributed by atoms with Crippen molar-refractivity contribution in [3.63, 3.8) is 0 Å². The molecule has 0 radical (unpaired) electrons. The SMILES string of the molecule is CC1CCCC(N(C)C(C)CC(=N)N)C1. The molecule has 3 heteroatoms. The van der Waals surface area contributed by atoms with Crippen molar-refractivity contribution in [3.05, 3.63) is 0 Å². The second kappa shape index (κ2) is 5.50. The molecule has 15 heavy (non-hydrogen) atoms. The van der Waals surface area contributed by atoms with Crippen LogP contribution in [0.15, 0.2) is 0 Å². The summed E-state index contributed by atoms with van der Waals surface area (Å²) < 4.78 is 0. The van der Waals surface area contributed by atoms with E-state index in [-0.39, 0.29) is 0 Å². The lowest BCUT2D eigenvalue weighted by Gasteiger charge is -2.37. The van der Waals surface area contributed by atoms with Crippen molar-refractivity contribution in [1.29, 1.82) is 5.41 Å². The van der Waals surface area contributed by atoms with Gasteiger partial charge in [-0.2, -0.15) is 0 Å². The predicted octanol–water partition coefficient (Wildman–Crippen LogP) is 2.21. The van der Waals surface area contributed by atoms with Gasteiger partial charge in [0.05, 0.1) is 5.84 Å². The minimum atomic E-state index is 0.304. The second-order valence-corrected chi connectivity index (χ2v) is 5.17. The Morgan fingerprint density at radius 3 is 2.73 bits per heavy atom. The smallest absolute Gasteiger partial charge is 0.0920 e. The van der Waals surface area contributed by atoms with Crippen molar-refractivity contribution in [2.45, 2.75) is 58.0 Å². The van der Waals surface area contributed by atoms with Gasteiger partial charge < -0.3 is 10.6 Å². The molecule has 0 aromatic carbocycles. The van der Waals surface area contributed by atoms with E-state index in [0.717, 1.165) is 5.92 Å². The minimum Gasteiger partial charge on any atom is -0.388 e. The molecule has 1 rings (SSSR count). The van der Waals surface area contributed by atoms with Gasteiger partial charge in [0.1, 0.15) is 0 Å². The van der Waals surface area contributed by atoms with Crippen LogP contribution in [-0.2, 0) is 0 Å². The standard InChI is InChI=1S/C12H25N3/c1-9-5-4-6-11(7-9)15(3)10(2)8-12(13)14/h9-11H,4-8H2,1-3H3,(H3,13,14). The van der Waals surface area contributed by atoms with E-state index in [1.165, 1.54) is 25.7 Å². The first kappa shape index (κ1) is 12.5. The fraction of sp³-hybridized carbons (Fsp3) is 0.917. The van der Waals surface area contributed by atoms with E-state index >= 15 is 0 Å². The van der Waals surface area contributed by atoms with E-state index in [4.69, 9.17) is 11.1 Å². The Morgan fingerprint density at radius 1 is 1.53 bits per heavy atom. The molecule has 3 atom stereocenters. The van der Waals surface area contributed by atoms with Crippen LogP contribution in [0.1, 0.15) is 46.0 Å². The summed E-state index contributed by atoms with van der Waals surface area (Å²) in [6.07, 6.45) is 6.04. The molecule has 0 aromatic rings. The molecule has 0 heterocycles. The van der Waals surface area contributed by atoms with Crippen molar-refractivity contribution in [2.24, 2.45) is 11.7 Å². The van der Waals surface area contributed by atoms with Gasteiger partial charge in [-0.05, 0) is 32.7 Å². The molecule has 3 unspecified atom stereocenters. The Balaban J connectivity index is 2.43. The van der Waals surface area contributed by atoms with E-state index in [0.29, 0.717) is 24.3 Å². The number of rotatable bonds is 4. The summed E-state index contributed by atoms with van der Waals surface area (Å²) in [5, 5.41) is 7.32. The summed E-state index contributed by atoms with van der Waals surface area (Å²) in [6, 6.07) is 1.10. The zero-order valence-electron chi connectivity index (χ0n) is 10.3. The normalized spacial score (nSPS) is 29.1. The summed E-state index contributed by atoms with van der Waals surface area (Å²) >= 11 is 0. The molecule has 1 aliphatic carbocycles. The van der Waals surface area contributed by atoms with Crippen molar-refractivity contribution >= 4 is 5.84 Å². The van der Waals surface area contributed by atoms with Gasteiger partial charge >= 0.3 is 0 Å². The average molecular weight is 211 g/mol. The molecule has 1 fully saturated rings. The zero-order valence-corrected chi connectivity index (χ0v) is 10.3. The molecule has 0 aliphatic heterocycles. The minimum absolute atomic E-state index is 0.304. The molecule has 1 aliphatic rings. The Labute approximate surface area is 93.5 Å². The first-order valence-corrected chi connectivity index (χ1v) is 6.05. The van der Waals surface area contributed by atoms with Crippen LogP contribution < -0.4 is 5.73 Å². The molecule has 1 saturated carbocycles. The van der Waals surface area contributed by atoms with E-state index in [9.17, 15) is 0 Å². The Bertz CT molecular complexity index is 215. The van der Waals surface area contributed by atoms with Crippen LogP contribution >= 0.6 is 0 Å². The van der Waals surface area contributed by atoms with Gasteiger partial charge in [0.2, 0.25) is 0 Å². The van der Waals surface area contributed by atoms with Gasteiger partial charge in [-0.15, -0.1) is 0 Å². The van der Waals surface area contributed by atoms with Gasteiger partial charge in [-0.3, -0.25) is 5.41 Å². The summed E-state index contributed by atoms with van der Waals surface area (Å²) in [6.45, 7) is 4.51. The summed E-state index contributed by atoms with van der Waals surface area (Å²) in [7, 11) is 2.18. The lowest BCUT2D eigenvalue weighted by Crippen LogP contribution is -2.42. The molecular weight excluding hydrogens is 186 g/mol. The van der Waals surface area contributed by atoms with Crippen molar-refractivity contribution < 1.29 is 0 Å². The van der Waals surface area contributed by atoms with Crippen molar-refractivity contribution in [3.8, 4) is 0 Å². The molecule has 0 amide bonds. The highest BCUT2D eigenvalue weighted by atomic mass is 15.2. The molecule has 3 N–H and O–H groups in total. The van der Waals surface area contributed by atoms with Gasteiger partial charge in [0.25, 0.3) is 0 Å². The van der Waals surface area contributed by atoms with Crippen LogP contribution in [0, 0.1) is 11.3 Å². The van der Waals surface area contributed by atoms with Crippen LogP contribution in [0.4, 0.5) is 0 Å². The molecular formula is C12H25N3. The highest BCUT2D eigenvalue weighted by molar-refractivity contribution is 5.77. The average Bonchev–Trinajstić information content (AvgIpc) is 2.15. The van der Waals surface area contributed by atoms with Crippen molar-refractivity contribution in [1.82, 2.24) is 4.90 Å². The summed E-state index contributed by atoms with van der Waals surface area (Å²) in [5.41, 5.74) is 5.44. The third-order valence-electron chi connectivity index (χ3n) is 3.70. The first-order chi connectivity index (χ1) is 7.00. The molecule has 3 nitrogen and oxygen atoms in total. The lowest BCUT2D eigenvalue weighted by atomic mass is 9.86. The topological polar surface area (TPSA) is 53.1 Å². The molecule has 88 valence electrons. The van der Waals surface area contributed by atoms with Crippen LogP contribution in [0.2, 0.25) is 0 Å². The fourth-order valence-corrected chi connectivity index (χ4v) is 2.59. The third-order valence-corrected chi connectivity index (χ3v) is 3.70. The maximum Gasteiger partial charge on any atom is 0.0920 e. The van der Waals surface area contributed by atoms with Crippen LogP contribution in [0.3, 0.4) is 0 Å². The molecule has 0 saturated heterocycles.